The predicted octanol–water partition coefficient (Wildman–Crippen LogP) is 2.41. The largest absolute Gasteiger partial charge is 0.345 e. The third-order valence-corrected chi connectivity index (χ3v) is 4.10. The van der Waals surface area contributed by atoms with E-state index in [1.165, 1.54) is 11.6 Å². The van der Waals surface area contributed by atoms with Gasteiger partial charge in [0.15, 0.2) is 0 Å². The zero-order chi connectivity index (χ0) is 11.9. The van der Waals surface area contributed by atoms with Crippen molar-refractivity contribution in [3.63, 3.8) is 0 Å². The third kappa shape index (κ3) is 1.49. The first kappa shape index (κ1) is 10.8. The van der Waals surface area contributed by atoms with Crippen molar-refractivity contribution >= 4 is 5.69 Å². The summed E-state index contributed by atoms with van der Waals surface area (Å²) in [5, 5.41) is 3.38. The minimum Gasteiger partial charge on any atom is -0.345 e. The highest BCUT2D eigenvalue weighted by atomic mass is 19.1. The molecule has 0 radical (unpaired) electrons. The lowest BCUT2D eigenvalue weighted by molar-refractivity contribution is 0.329. The fourth-order valence-electron chi connectivity index (χ4n) is 3.21. The van der Waals surface area contributed by atoms with Crippen LogP contribution < -0.4 is 10.2 Å². The van der Waals surface area contributed by atoms with E-state index >= 15 is 0 Å². The highest BCUT2D eigenvalue weighted by molar-refractivity contribution is 5.65. The van der Waals surface area contributed by atoms with E-state index in [1.54, 1.807) is 6.20 Å². The highest BCUT2D eigenvalue weighted by Crippen LogP contribution is 2.47. The number of hydrogen-bond donors (Lipinski definition) is 1. The number of rotatable bonds is 1. The quantitative estimate of drug-likeness (QED) is 0.800. The van der Waals surface area contributed by atoms with Crippen LogP contribution in [0.4, 0.5) is 10.1 Å². The van der Waals surface area contributed by atoms with E-state index in [2.05, 4.69) is 18.0 Å². The number of halogens is 1. The Balaban J connectivity index is 2.12. The number of nitrogens with zero attached hydrogens (tertiary/aromatic N) is 1. The van der Waals surface area contributed by atoms with E-state index in [4.69, 9.17) is 0 Å². The second kappa shape index (κ2) is 3.84. The molecule has 0 bridgehead atoms. The van der Waals surface area contributed by atoms with Crippen LogP contribution in [0.2, 0.25) is 0 Å². The predicted molar refractivity (Wildman–Crippen MR) is 67.7 cm³/mol. The molecule has 1 saturated heterocycles. The van der Waals surface area contributed by atoms with Gasteiger partial charge < -0.3 is 10.2 Å². The van der Waals surface area contributed by atoms with Gasteiger partial charge in [0.05, 0.1) is 5.69 Å². The van der Waals surface area contributed by atoms with Crippen LogP contribution in [-0.4, -0.2) is 19.6 Å². The van der Waals surface area contributed by atoms with Crippen LogP contribution in [0.3, 0.4) is 0 Å². The van der Waals surface area contributed by atoms with Crippen LogP contribution in [-0.2, 0) is 5.41 Å². The maximum atomic E-state index is 14.0. The van der Waals surface area contributed by atoms with Gasteiger partial charge in [-0.3, -0.25) is 0 Å². The van der Waals surface area contributed by atoms with Gasteiger partial charge in [-0.2, -0.15) is 0 Å². The van der Waals surface area contributed by atoms with E-state index in [0.717, 1.165) is 38.2 Å². The number of fused-ring (bicyclic) bond motifs is 2. The monoisotopic (exact) mass is 232 g/mol. The minimum absolute atomic E-state index is 0.122. The number of para-hydroxylation sites is 1. The average molecular weight is 232 g/mol. The van der Waals surface area contributed by atoms with Crippen LogP contribution in [0.1, 0.15) is 18.4 Å². The zero-order valence-electron chi connectivity index (χ0n) is 9.88. The molecule has 17 heavy (non-hydrogen) atoms. The van der Waals surface area contributed by atoms with Gasteiger partial charge >= 0.3 is 0 Å². The van der Waals surface area contributed by atoms with E-state index in [0.29, 0.717) is 0 Å². The van der Waals surface area contributed by atoms with Crippen molar-refractivity contribution in [1.29, 1.82) is 0 Å². The molecule has 0 aromatic heterocycles. The SMILES string of the molecule is C=CN1CC2(CCNCC2)c2cccc(F)c21. The second-order valence-corrected chi connectivity index (χ2v) is 4.98. The Hall–Kier alpha value is -1.35. The van der Waals surface area contributed by atoms with Crippen LogP contribution in [0.25, 0.3) is 0 Å². The van der Waals surface area contributed by atoms with Gasteiger partial charge in [0, 0.05) is 12.0 Å². The van der Waals surface area contributed by atoms with Gasteiger partial charge in [0.2, 0.25) is 0 Å². The summed E-state index contributed by atoms with van der Waals surface area (Å²) in [7, 11) is 0. The molecule has 1 N–H and O–H groups in total. The normalized spacial score (nSPS) is 21.6. The first-order valence-corrected chi connectivity index (χ1v) is 6.16. The van der Waals surface area contributed by atoms with Crippen LogP contribution in [0, 0.1) is 5.82 Å². The number of piperidine rings is 1. The lowest BCUT2D eigenvalue weighted by Crippen LogP contribution is -2.42. The minimum atomic E-state index is -0.127. The molecular formula is C14H17FN2. The summed E-state index contributed by atoms with van der Waals surface area (Å²) in [5.74, 6) is -0.127. The van der Waals surface area contributed by atoms with Gasteiger partial charge in [-0.15, -0.1) is 0 Å². The Morgan fingerprint density at radius 3 is 2.82 bits per heavy atom. The summed E-state index contributed by atoms with van der Waals surface area (Å²) in [4.78, 5) is 1.97. The van der Waals surface area contributed by atoms with E-state index < -0.39 is 0 Å². The van der Waals surface area contributed by atoms with Crippen molar-refractivity contribution in [3.8, 4) is 0 Å². The number of benzene rings is 1. The molecule has 0 atom stereocenters. The molecule has 90 valence electrons. The Morgan fingerprint density at radius 1 is 1.35 bits per heavy atom. The molecule has 0 unspecified atom stereocenters. The van der Waals surface area contributed by atoms with Crippen LogP contribution in [0.15, 0.2) is 31.0 Å². The molecule has 1 spiro atoms. The fraction of sp³-hybridized carbons (Fsp3) is 0.429. The third-order valence-electron chi connectivity index (χ3n) is 4.10. The molecule has 2 aliphatic heterocycles. The van der Waals surface area contributed by atoms with Crippen molar-refractivity contribution in [2.45, 2.75) is 18.3 Å². The number of nitrogens with one attached hydrogen (secondary N) is 1. The van der Waals surface area contributed by atoms with Crippen LogP contribution in [0.5, 0.6) is 0 Å². The van der Waals surface area contributed by atoms with Gasteiger partial charge in [-0.05, 0) is 43.8 Å². The molecule has 2 nitrogen and oxygen atoms in total. The van der Waals surface area contributed by atoms with Gasteiger partial charge in [-0.25, -0.2) is 4.39 Å². The smallest absolute Gasteiger partial charge is 0.147 e. The summed E-state index contributed by atoms with van der Waals surface area (Å²) in [6, 6.07) is 5.44. The summed E-state index contributed by atoms with van der Waals surface area (Å²) < 4.78 is 14.0. The maximum Gasteiger partial charge on any atom is 0.147 e. The summed E-state index contributed by atoms with van der Waals surface area (Å²) in [6.45, 7) is 6.70. The summed E-state index contributed by atoms with van der Waals surface area (Å²) in [5.41, 5.74) is 2.03. The molecule has 3 heteroatoms. The van der Waals surface area contributed by atoms with E-state index in [9.17, 15) is 4.39 Å². The van der Waals surface area contributed by atoms with Crippen molar-refractivity contribution in [3.05, 3.63) is 42.4 Å². The summed E-state index contributed by atoms with van der Waals surface area (Å²) >= 11 is 0. The second-order valence-electron chi connectivity index (χ2n) is 4.98. The van der Waals surface area contributed by atoms with Gasteiger partial charge in [0.25, 0.3) is 0 Å². The van der Waals surface area contributed by atoms with Crippen molar-refractivity contribution in [2.24, 2.45) is 0 Å². The van der Waals surface area contributed by atoms with E-state index in [-0.39, 0.29) is 11.2 Å². The Kier molecular flexibility index (Phi) is 2.44. The summed E-state index contributed by atoms with van der Waals surface area (Å²) in [6.07, 6.45) is 3.90. The van der Waals surface area contributed by atoms with Gasteiger partial charge in [-0.1, -0.05) is 18.7 Å². The highest BCUT2D eigenvalue weighted by Gasteiger charge is 2.43. The fourth-order valence-corrected chi connectivity index (χ4v) is 3.21. The molecule has 0 saturated carbocycles. The zero-order valence-corrected chi connectivity index (χ0v) is 9.88. The Labute approximate surface area is 101 Å². The lowest BCUT2D eigenvalue weighted by atomic mass is 9.75. The Morgan fingerprint density at radius 2 is 2.12 bits per heavy atom. The molecule has 1 aromatic carbocycles. The maximum absolute atomic E-state index is 14.0. The average Bonchev–Trinajstić information content (AvgIpc) is 2.66. The first-order chi connectivity index (χ1) is 8.27. The molecule has 0 amide bonds. The number of anilines is 1. The van der Waals surface area contributed by atoms with Crippen LogP contribution >= 0.6 is 0 Å². The molecule has 2 heterocycles. The first-order valence-electron chi connectivity index (χ1n) is 6.16. The molecule has 2 aliphatic rings. The molecule has 1 fully saturated rings. The van der Waals surface area contributed by atoms with E-state index in [1.807, 2.05) is 11.0 Å². The lowest BCUT2D eigenvalue weighted by Gasteiger charge is -2.34. The molecule has 1 aromatic rings. The molecule has 3 rings (SSSR count). The van der Waals surface area contributed by atoms with Gasteiger partial charge in [0.1, 0.15) is 5.82 Å². The Bertz CT molecular complexity index is 450. The molecular weight excluding hydrogens is 215 g/mol. The van der Waals surface area contributed by atoms with Crippen molar-refractivity contribution in [2.75, 3.05) is 24.5 Å². The molecule has 0 aliphatic carbocycles. The standard InChI is InChI=1S/C14H17FN2/c1-2-17-10-14(6-8-16-9-7-14)11-4-3-5-12(15)13(11)17/h2-5,16H,1,6-10H2. The van der Waals surface area contributed by atoms with Crippen molar-refractivity contribution < 1.29 is 4.39 Å². The number of hydrogen-bond acceptors (Lipinski definition) is 2. The van der Waals surface area contributed by atoms with Crippen molar-refractivity contribution in [1.82, 2.24) is 5.32 Å². The topological polar surface area (TPSA) is 15.3 Å².